The van der Waals surface area contributed by atoms with Gasteiger partial charge < -0.3 is 9.64 Å². The molecule has 1 atom stereocenters. The van der Waals surface area contributed by atoms with E-state index in [2.05, 4.69) is 36.4 Å². The van der Waals surface area contributed by atoms with Crippen LogP contribution in [0.5, 0.6) is 0 Å². The molecule has 0 heterocycles. The Morgan fingerprint density at radius 2 is 1.68 bits per heavy atom. The zero-order valence-electron chi connectivity index (χ0n) is 15.1. The number of amides is 1. The Bertz CT molecular complexity index is 652. The fraction of sp³-hybridized carbons (Fsp3) is 0.318. The van der Waals surface area contributed by atoms with Crippen molar-refractivity contribution in [3.63, 3.8) is 0 Å². The average Bonchev–Trinajstić information content (AvgIpc) is 2.65. The van der Waals surface area contributed by atoms with Crippen LogP contribution >= 0.6 is 0 Å². The molecule has 0 saturated heterocycles. The fourth-order valence-corrected chi connectivity index (χ4v) is 2.87. The van der Waals surface area contributed by atoms with Crippen LogP contribution in [-0.2, 0) is 16.1 Å². The molecule has 3 nitrogen and oxygen atoms in total. The Labute approximate surface area is 150 Å². The van der Waals surface area contributed by atoms with Gasteiger partial charge in [-0.15, -0.1) is 0 Å². The molecule has 0 radical (unpaired) electrons. The fourth-order valence-electron chi connectivity index (χ4n) is 2.87. The molecule has 0 aromatic heterocycles. The van der Waals surface area contributed by atoms with E-state index in [1.165, 1.54) is 0 Å². The molecule has 0 N–H and O–H groups in total. The normalized spacial score (nSPS) is 12.2. The third kappa shape index (κ3) is 6.20. The number of hydrogen-bond acceptors (Lipinski definition) is 2. The minimum atomic E-state index is 0.0256. The van der Waals surface area contributed by atoms with Gasteiger partial charge >= 0.3 is 0 Å². The number of nitrogens with zero attached hydrogens (tertiary/aromatic N) is 1. The van der Waals surface area contributed by atoms with Crippen LogP contribution in [0, 0.1) is 0 Å². The van der Waals surface area contributed by atoms with Crippen LogP contribution in [0.25, 0.3) is 0 Å². The molecule has 132 valence electrons. The maximum absolute atomic E-state index is 12.4. The van der Waals surface area contributed by atoms with Gasteiger partial charge in [-0.1, -0.05) is 72.8 Å². The topological polar surface area (TPSA) is 29.5 Å². The molecule has 0 aliphatic carbocycles. The van der Waals surface area contributed by atoms with Crippen molar-refractivity contribution in [2.75, 3.05) is 13.7 Å². The number of carbonyl (C=O) groups excluding carboxylic acids is 1. The highest BCUT2D eigenvalue weighted by Gasteiger charge is 2.21. The summed E-state index contributed by atoms with van der Waals surface area (Å²) in [5.74, 6) is 0.0861. The highest BCUT2D eigenvalue weighted by molar-refractivity contribution is 5.74. The van der Waals surface area contributed by atoms with Gasteiger partial charge in [0.1, 0.15) is 0 Å². The molecule has 3 heteroatoms. The van der Waals surface area contributed by atoms with Gasteiger partial charge in [-0.2, -0.15) is 0 Å². The Kier molecular flexibility index (Phi) is 7.93. The first-order chi connectivity index (χ1) is 12.2. The number of benzene rings is 2. The van der Waals surface area contributed by atoms with E-state index in [1.807, 2.05) is 41.3 Å². The van der Waals surface area contributed by atoms with E-state index in [-0.39, 0.29) is 11.9 Å². The minimum Gasteiger partial charge on any atom is -0.384 e. The van der Waals surface area contributed by atoms with Crippen molar-refractivity contribution in [2.45, 2.75) is 32.4 Å². The molecule has 0 saturated carbocycles. The highest BCUT2D eigenvalue weighted by atomic mass is 16.5. The molecule has 0 aliphatic heterocycles. The zero-order chi connectivity index (χ0) is 17.9. The first kappa shape index (κ1) is 18.9. The smallest absolute Gasteiger partial charge is 0.220 e. The van der Waals surface area contributed by atoms with Gasteiger partial charge in [0.15, 0.2) is 0 Å². The van der Waals surface area contributed by atoms with Crippen molar-refractivity contribution in [3.8, 4) is 0 Å². The van der Waals surface area contributed by atoms with Crippen molar-refractivity contribution in [1.29, 1.82) is 0 Å². The number of ether oxygens (including phenoxy) is 1. The van der Waals surface area contributed by atoms with Crippen LogP contribution in [0.1, 0.15) is 36.9 Å². The summed E-state index contributed by atoms with van der Waals surface area (Å²) in [6, 6.07) is 20.4. The first-order valence-corrected chi connectivity index (χ1v) is 8.72. The molecule has 0 spiro atoms. The lowest BCUT2D eigenvalue weighted by atomic mass is 10.0. The highest BCUT2D eigenvalue weighted by Crippen LogP contribution is 2.27. The molecule has 2 aromatic rings. The quantitative estimate of drug-likeness (QED) is 0.488. The third-order valence-corrected chi connectivity index (χ3v) is 4.18. The molecule has 25 heavy (non-hydrogen) atoms. The largest absolute Gasteiger partial charge is 0.384 e. The van der Waals surface area contributed by atoms with E-state index in [4.69, 9.17) is 4.74 Å². The van der Waals surface area contributed by atoms with Gasteiger partial charge in [-0.3, -0.25) is 4.79 Å². The van der Waals surface area contributed by atoms with Gasteiger partial charge in [-0.05, 0) is 24.0 Å². The summed E-state index contributed by atoms with van der Waals surface area (Å²) in [7, 11) is 1.71. The Hall–Kier alpha value is -2.39. The number of rotatable bonds is 9. The van der Waals surface area contributed by atoms with Gasteiger partial charge in [0, 0.05) is 27.2 Å². The Morgan fingerprint density at radius 1 is 1.04 bits per heavy atom. The summed E-state index contributed by atoms with van der Waals surface area (Å²) in [4.78, 5) is 14.3. The van der Waals surface area contributed by atoms with E-state index in [1.54, 1.807) is 14.0 Å². The summed E-state index contributed by atoms with van der Waals surface area (Å²) < 4.78 is 5.08. The van der Waals surface area contributed by atoms with Gasteiger partial charge in [0.2, 0.25) is 5.91 Å². The molecule has 1 unspecified atom stereocenters. The van der Waals surface area contributed by atoms with Crippen molar-refractivity contribution < 1.29 is 9.53 Å². The summed E-state index contributed by atoms with van der Waals surface area (Å²) in [6.07, 6.45) is 5.95. The lowest BCUT2D eigenvalue weighted by Gasteiger charge is -2.31. The van der Waals surface area contributed by atoms with E-state index >= 15 is 0 Å². The van der Waals surface area contributed by atoms with E-state index in [0.717, 1.165) is 24.0 Å². The molecule has 2 rings (SSSR count). The van der Waals surface area contributed by atoms with E-state index in [0.29, 0.717) is 13.2 Å². The molecule has 2 aromatic carbocycles. The van der Waals surface area contributed by atoms with Crippen LogP contribution in [-0.4, -0.2) is 24.5 Å². The molecule has 1 amide bonds. The van der Waals surface area contributed by atoms with Crippen molar-refractivity contribution >= 4 is 5.91 Å². The molecular weight excluding hydrogens is 310 g/mol. The van der Waals surface area contributed by atoms with Gasteiger partial charge in [-0.25, -0.2) is 0 Å². The van der Waals surface area contributed by atoms with Crippen LogP contribution < -0.4 is 0 Å². The summed E-state index contributed by atoms with van der Waals surface area (Å²) >= 11 is 0. The second kappa shape index (κ2) is 10.5. The van der Waals surface area contributed by atoms with Crippen molar-refractivity contribution in [1.82, 2.24) is 4.90 Å². The first-order valence-electron chi connectivity index (χ1n) is 8.72. The maximum atomic E-state index is 12.4. The Balaban J connectivity index is 2.20. The molecular formula is C22H27NO2. The number of hydrogen-bond donors (Lipinski definition) is 0. The van der Waals surface area contributed by atoms with Gasteiger partial charge in [0.05, 0.1) is 6.04 Å². The van der Waals surface area contributed by atoms with Gasteiger partial charge in [0.25, 0.3) is 0 Å². The molecule has 0 fully saturated rings. The second-order valence-corrected chi connectivity index (χ2v) is 6.05. The molecule has 0 aliphatic rings. The third-order valence-electron chi connectivity index (χ3n) is 4.18. The summed E-state index contributed by atoms with van der Waals surface area (Å²) in [5, 5.41) is 0. The molecule has 0 bridgehead atoms. The van der Waals surface area contributed by atoms with E-state index in [9.17, 15) is 4.79 Å². The number of methoxy groups -OCH3 is 1. The summed E-state index contributed by atoms with van der Waals surface area (Å²) in [6.45, 7) is 2.97. The van der Waals surface area contributed by atoms with E-state index < -0.39 is 0 Å². The SMILES string of the molecule is COCC/C=C/CC(c1ccccc1)N(Cc1ccccc1)C(C)=O. The Morgan fingerprint density at radius 3 is 2.28 bits per heavy atom. The number of carbonyl (C=O) groups is 1. The standard InChI is InChI=1S/C22H27NO2/c1-19(24)23(18-20-12-6-3-7-13-20)22(16-10-5-11-17-25-2)21-14-8-4-9-15-21/h3-10,12-15,22H,11,16-18H2,1-2H3/b10-5+. The second-order valence-electron chi connectivity index (χ2n) is 6.05. The maximum Gasteiger partial charge on any atom is 0.220 e. The lowest BCUT2D eigenvalue weighted by molar-refractivity contribution is -0.132. The van der Waals surface area contributed by atoms with Crippen molar-refractivity contribution in [2.24, 2.45) is 0 Å². The monoisotopic (exact) mass is 337 g/mol. The predicted octanol–water partition coefficient (Wildman–Crippen LogP) is 4.76. The minimum absolute atomic E-state index is 0.0256. The van der Waals surface area contributed by atoms with Crippen LogP contribution in [0.4, 0.5) is 0 Å². The summed E-state index contributed by atoms with van der Waals surface area (Å²) in [5.41, 5.74) is 2.30. The van der Waals surface area contributed by atoms with Crippen LogP contribution in [0.15, 0.2) is 72.8 Å². The zero-order valence-corrected chi connectivity index (χ0v) is 15.1. The predicted molar refractivity (Wildman–Crippen MR) is 102 cm³/mol. The average molecular weight is 337 g/mol. The lowest BCUT2D eigenvalue weighted by Crippen LogP contribution is -2.32. The van der Waals surface area contributed by atoms with Crippen LogP contribution in [0.3, 0.4) is 0 Å². The van der Waals surface area contributed by atoms with Crippen LogP contribution in [0.2, 0.25) is 0 Å². The van der Waals surface area contributed by atoms with Crippen molar-refractivity contribution in [3.05, 3.63) is 83.9 Å².